The lowest BCUT2D eigenvalue weighted by molar-refractivity contribution is -0.385. The molecule has 1 fully saturated rings. The molecule has 158 valence electrons. The average Bonchev–Trinajstić information content (AvgIpc) is 3.16. The van der Waals surface area contributed by atoms with Crippen molar-refractivity contribution in [2.45, 2.75) is 32.4 Å². The first-order valence-electron chi connectivity index (χ1n) is 9.18. The minimum Gasteiger partial charge on any atom is -0.435 e. The molecule has 8 nitrogen and oxygen atoms in total. The molecule has 1 saturated heterocycles. The van der Waals surface area contributed by atoms with Crippen LogP contribution in [0.2, 0.25) is 0 Å². The zero-order chi connectivity index (χ0) is 21.8. The van der Waals surface area contributed by atoms with Crippen LogP contribution in [0.15, 0.2) is 42.5 Å². The topological polar surface area (TPSA) is 102 Å². The van der Waals surface area contributed by atoms with E-state index in [9.17, 15) is 28.5 Å². The van der Waals surface area contributed by atoms with E-state index in [4.69, 9.17) is 0 Å². The van der Waals surface area contributed by atoms with Crippen LogP contribution in [0.5, 0.6) is 5.75 Å². The van der Waals surface area contributed by atoms with Crippen LogP contribution in [0.1, 0.15) is 28.8 Å². The summed E-state index contributed by atoms with van der Waals surface area (Å²) < 4.78 is 29.1. The Kier molecular flexibility index (Phi) is 6.24. The maximum atomic E-state index is 12.9. The fraction of sp³-hybridized carbons (Fsp3) is 0.300. The van der Waals surface area contributed by atoms with Crippen molar-refractivity contribution in [3.05, 3.63) is 63.7 Å². The fourth-order valence-corrected chi connectivity index (χ4v) is 3.42. The van der Waals surface area contributed by atoms with Gasteiger partial charge in [0.25, 0.3) is 11.6 Å². The van der Waals surface area contributed by atoms with Gasteiger partial charge in [0.05, 0.1) is 4.92 Å². The molecule has 1 N–H and O–H groups in total. The summed E-state index contributed by atoms with van der Waals surface area (Å²) in [5.74, 6) is -0.947. The van der Waals surface area contributed by atoms with Crippen molar-refractivity contribution in [3.8, 4) is 5.75 Å². The zero-order valence-corrected chi connectivity index (χ0v) is 16.0. The molecule has 2 aromatic rings. The number of carbonyl (C=O) groups excluding carboxylic acids is 2. The van der Waals surface area contributed by atoms with Crippen molar-refractivity contribution in [1.29, 1.82) is 0 Å². The summed E-state index contributed by atoms with van der Waals surface area (Å²) in [6.07, 6.45) is 1.06. The molecule has 30 heavy (non-hydrogen) atoms. The van der Waals surface area contributed by atoms with Gasteiger partial charge in [0.2, 0.25) is 5.91 Å². The Hall–Kier alpha value is -3.56. The highest BCUT2D eigenvalue weighted by atomic mass is 19.3. The standard InChI is InChI=1S/C20H19F2N3O5/c1-12-10-13(7-8-16(12)25(28)29)19(27)24-9-3-6-17(24)18(26)23-14-4-2-5-15(11-14)30-20(21)22/h2,4-5,7-8,10-11,17,20H,3,6,9H2,1H3,(H,23,26). The largest absolute Gasteiger partial charge is 0.435 e. The summed E-state index contributed by atoms with van der Waals surface area (Å²) in [6.45, 7) is -1.08. The van der Waals surface area contributed by atoms with Crippen LogP contribution in [0.3, 0.4) is 0 Å². The molecular formula is C20H19F2N3O5. The van der Waals surface area contributed by atoms with Crippen molar-refractivity contribution in [2.24, 2.45) is 0 Å². The minimum absolute atomic E-state index is 0.0897. The molecule has 0 spiro atoms. The Balaban J connectivity index is 1.73. The Morgan fingerprint density at radius 3 is 2.70 bits per heavy atom. The van der Waals surface area contributed by atoms with Gasteiger partial charge in [-0.3, -0.25) is 19.7 Å². The van der Waals surface area contributed by atoms with Gasteiger partial charge in [-0.05, 0) is 44.0 Å². The molecule has 2 amide bonds. The molecule has 1 atom stereocenters. The van der Waals surface area contributed by atoms with E-state index in [1.54, 1.807) is 0 Å². The summed E-state index contributed by atoms with van der Waals surface area (Å²) in [7, 11) is 0. The Morgan fingerprint density at radius 1 is 1.27 bits per heavy atom. The van der Waals surface area contributed by atoms with Crippen molar-refractivity contribution in [1.82, 2.24) is 4.90 Å². The number of alkyl halides is 2. The first-order valence-corrected chi connectivity index (χ1v) is 9.18. The molecule has 0 aliphatic carbocycles. The predicted octanol–water partition coefficient (Wildman–Crippen LogP) is 3.75. The van der Waals surface area contributed by atoms with Gasteiger partial charge in [0, 0.05) is 35.5 Å². The van der Waals surface area contributed by atoms with Crippen molar-refractivity contribution in [2.75, 3.05) is 11.9 Å². The molecule has 2 aromatic carbocycles. The second-order valence-electron chi connectivity index (χ2n) is 6.81. The molecule has 1 aliphatic rings. The lowest BCUT2D eigenvalue weighted by atomic mass is 10.1. The van der Waals surface area contributed by atoms with Crippen LogP contribution in [0.4, 0.5) is 20.2 Å². The second-order valence-corrected chi connectivity index (χ2v) is 6.81. The molecular weight excluding hydrogens is 400 g/mol. The number of hydrogen-bond acceptors (Lipinski definition) is 5. The van der Waals surface area contributed by atoms with E-state index in [1.807, 2.05) is 0 Å². The van der Waals surface area contributed by atoms with Crippen molar-refractivity contribution in [3.63, 3.8) is 0 Å². The van der Waals surface area contributed by atoms with Gasteiger partial charge >= 0.3 is 6.61 Å². The molecule has 0 saturated carbocycles. The van der Waals surface area contributed by atoms with Gasteiger partial charge < -0.3 is 15.0 Å². The summed E-state index contributed by atoms with van der Waals surface area (Å²) >= 11 is 0. The average molecular weight is 419 g/mol. The number of nitrogens with one attached hydrogen (secondary N) is 1. The molecule has 1 aliphatic heterocycles. The number of aryl methyl sites for hydroxylation is 1. The number of anilines is 1. The maximum absolute atomic E-state index is 12.9. The van der Waals surface area contributed by atoms with Crippen LogP contribution >= 0.6 is 0 Å². The number of hydrogen-bond donors (Lipinski definition) is 1. The van der Waals surface area contributed by atoms with Gasteiger partial charge in [0.1, 0.15) is 11.8 Å². The number of nitrogens with zero attached hydrogens (tertiary/aromatic N) is 2. The third-order valence-corrected chi connectivity index (χ3v) is 4.78. The monoisotopic (exact) mass is 419 g/mol. The fourth-order valence-electron chi connectivity index (χ4n) is 3.42. The van der Waals surface area contributed by atoms with Crippen LogP contribution in [0.25, 0.3) is 0 Å². The van der Waals surface area contributed by atoms with Crippen molar-refractivity contribution < 1.29 is 28.0 Å². The van der Waals surface area contributed by atoms with E-state index in [-0.39, 0.29) is 22.7 Å². The number of carbonyl (C=O) groups is 2. The van der Waals surface area contributed by atoms with E-state index < -0.39 is 29.4 Å². The van der Waals surface area contributed by atoms with E-state index in [2.05, 4.69) is 10.1 Å². The Bertz CT molecular complexity index is 983. The first kappa shape index (κ1) is 21.2. The number of rotatable bonds is 6. The lowest BCUT2D eigenvalue weighted by Gasteiger charge is -2.24. The third-order valence-electron chi connectivity index (χ3n) is 4.78. The van der Waals surface area contributed by atoms with Gasteiger partial charge in [-0.15, -0.1) is 0 Å². The number of nitro benzene ring substituents is 1. The van der Waals surface area contributed by atoms with E-state index in [1.165, 1.54) is 54.3 Å². The Morgan fingerprint density at radius 2 is 2.03 bits per heavy atom. The highest BCUT2D eigenvalue weighted by Gasteiger charge is 2.35. The van der Waals surface area contributed by atoms with Crippen LogP contribution < -0.4 is 10.1 Å². The Labute approximate surface area is 170 Å². The number of ether oxygens (including phenoxy) is 1. The van der Waals surface area contributed by atoms with Crippen LogP contribution in [-0.2, 0) is 4.79 Å². The van der Waals surface area contributed by atoms with Gasteiger partial charge in [-0.25, -0.2) is 0 Å². The SMILES string of the molecule is Cc1cc(C(=O)N2CCCC2C(=O)Nc2cccc(OC(F)F)c2)ccc1[N+](=O)[O-]. The summed E-state index contributed by atoms with van der Waals surface area (Å²) in [6, 6.07) is 8.91. The molecule has 3 rings (SSSR count). The number of amides is 2. The second kappa shape index (κ2) is 8.85. The normalized spacial score (nSPS) is 15.9. The molecule has 1 unspecified atom stereocenters. The van der Waals surface area contributed by atoms with E-state index in [0.717, 1.165) is 0 Å². The quantitative estimate of drug-likeness (QED) is 0.568. The molecule has 0 aromatic heterocycles. The molecule has 0 radical (unpaired) electrons. The van der Waals surface area contributed by atoms with Crippen LogP contribution in [-0.4, -0.2) is 40.8 Å². The maximum Gasteiger partial charge on any atom is 0.387 e. The van der Waals surface area contributed by atoms with Gasteiger partial charge in [-0.1, -0.05) is 6.07 Å². The smallest absolute Gasteiger partial charge is 0.387 e. The molecule has 0 bridgehead atoms. The van der Waals surface area contributed by atoms with Gasteiger partial charge in [0.15, 0.2) is 0 Å². The number of benzene rings is 2. The van der Waals surface area contributed by atoms with Crippen LogP contribution in [0, 0.1) is 17.0 Å². The summed E-state index contributed by atoms with van der Waals surface area (Å²) in [4.78, 5) is 37.5. The minimum atomic E-state index is -2.98. The lowest BCUT2D eigenvalue weighted by Crippen LogP contribution is -2.43. The molecule has 1 heterocycles. The highest BCUT2D eigenvalue weighted by Crippen LogP contribution is 2.25. The predicted molar refractivity (Wildman–Crippen MR) is 104 cm³/mol. The summed E-state index contributed by atoms with van der Waals surface area (Å²) in [5.41, 5.74) is 0.781. The van der Waals surface area contributed by atoms with Gasteiger partial charge in [-0.2, -0.15) is 8.78 Å². The van der Waals surface area contributed by atoms with E-state index >= 15 is 0 Å². The summed E-state index contributed by atoms with van der Waals surface area (Å²) in [5, 5.41) is 13.6. The number of nitro groups is 1. The first-order chi connectivity index (χ1) is 14.3. The van der Waals surface area contributed by atoms with Crippen molar-refractivity contribution >= 4 is 23.2 Å². The molecule has 10 heteroatoms. The third kappa shape index (κ3) is 4.70. The zero-order valence-electron chi connectivity index (χ0n) is 16.0. The van der Waals surface area contributed by atoms with E-state index in [0.29, 0.717) is 24.9 Å². The highest BCUT2D eigenvalue weighted by molar-refractivity contribution is 6.01. The number of halogens is 2. The number of likely N-dealkylation sites (tertiary alicyclic amines) is 1.